The molecule has 1 aliphatic carbocycles. The van der Waals surface area contributed by atoms with Gasteiger partial charge in [-0.15, -0.1) is 0 Å². The van der Waals surface area contributed by atoms with Gasteiger partial charge in [-0.1, -0.05) is 6.58 Å². The Labute approximate surface area is 74.6 Å². The summed E-state index contributed by atoms with van der Waals surface area (Å²) in [6.45, 7) is 5.02. The summed E-state index contributed by atoms with van der Waals surface area (Å²) in [5.74, 6) is 0. The number of halogens is 3. The monoisotopic (exact) mass is 192 g/mol. The fraction of sp³-hybridized carbons (Fsp3) is 0.556. The smallest absolute Gasteiger partial charge is 0.388 e. The number of rotatable bonds is 1. The Hall–Kier alpha value is -0.770. The lowest BCUT2D eigenvalue weighted by Gasteiger charge is -2.09. The molecule has 0 aromatic carbocycles. The van der Waals surface area contributed by atoms with E-state index in [-0.39, 0.29) is 12.0 Å². The molecule has 0 amide bonds. The van der Waals surface area contributed by atoms with E-state index in [1.807, 2.05) is 0 Å². The van der Waals surface area contributed by atoms with Crippen LogP contribution in [-0.2, 0) is 0 Å². The number of hydrogen-bond acceptors (Lipinski definition) is 1. The lowest BCUT2D eigenvalue weighted by molar-refractivity contribution is -0.126. The molecule has 0 heterocycles. The fourth-order valence-corrected chi connectivity index (χ4v) is 1.45. The molecule has 1 nitrogen and oxygen atoms in total. The molecule has 0 aromatic heterocycles. The number of alkyl halides is 3. The first-order valence-corrected chi connectivity index (χ1v) is 3.94. The van der Waals surface area contributed by atoms with Gasteiger partial charge in [0.2, 0.25) is 0 Å². The Morgan fingerprint density at radius 1 is 1.54 bits per heavy atom. The second-order valence-corrected chi connectivity index (χ2v) is 3.28. The van der Waals surface area contributed by atoms with E-state index in [1.54, 1.807) is 0 Å². The molecule has 0 spiro atoms. The molecule has 0 fully saturated rings. The lowest BCUT2D eigenvalue weighted by atomic mass is 10.1. The van der Waals surface area contributed by atoms with Crippen molar-refractivity contribution in [3.05, 3.63) is 23.3 Å². The number of hydrogen-bond donors (Lipinski definition) is 1. The third-order valence-corrected chi connectivity index (χ3v) is 2.22. The maximum Gasteiger partial charge on any atom is 0.393 e. The normalized spacial score (nSPS) is 24.4. The average molecular weight is 192 g/mol. The molecule has 1 N–H and O–H groups in total. The van der Waals surface area contributed by atoms with Crippen molar-refractivity contribution < 1.29 is 18.3 Å². The number of aliphatic hydroxyl groups is 1. The van der Waals surface area contributed by atoms with E-state index >= 15 is 0 Å². The molecule has 0 unspecified atom stereocenters. The summed E-state index contributed by atoms with van der Waals surface area (Å²) in [5, 5.41) is 9.25. The van der Waals surface area contributed by atoms with Crippen LogP contribution in [0.4, 0.5) is 13.2 Å². The van der Waals surface area contributed by atoms with E-state index in [0.717, 1.165) is 0 Å². The van der Waals surface area contributed by atoms with Crippen molar-refractivity contribution in [3.63, 3.8) is 0 Å². The molecule has 1 atom stereocenters. The van der Waals surface area contributed by atoms with Crippen molar-refractivity contribution in [3.8, 4) is 0 Å². The van der Waals surface area contributed by atoms with Gasteiger partial charge in [-0.25, -0.2) is 0 Å². The predicted octanol–water partition coefficient (Wildman–Crippen LogP) is 2.58. The Kier molecular flexibility index (Phi) is 2.52. The van der Waals surface area contributed by atoms with Gasteiger partial charge in [0.25, 0.3) is 0 Å². The van der Waals surface area contributed by atoms with Gasteiger partial charge in [0.15, 0.2) is 0 Å². The molecular formula is C9H11F3O. The second kappa shape index (κ2) is 3.18. The van der Waals surface area contributed by atoms with Gasteiger partial charge in [-0.3, -0.25) is 0 Å². The van der Waals surface area contributed by atoms with Gasteiger partial charge in [0, 0.05) is 6.42 Å². The molecule has 4 heteroatoms. The SMILES string of the molecule is C=C1C[C@H](O)C(C)=C1CC(F)(F)F. The van der Waals surface area contributed by atoms with E-state index in [9.17, 15) is 18.3 Å². The minimum atomic E-state index is -4.22. The molecule has 0 saturated heterocycles. The predicted molar refractivity (Wildman–Crippen MR) is 43.1 cm³/mol. The van der Waals surface area contributed by atoms with Crippen LogP contribution < -0.4 is 0 Å². The second-order valence-electron chi connectivity index (χ2n) is 3.28. The summed E-state index contributed by atoms with van der Waals surface area (Å²) in [5.41, 5.74) is 0.977. The molecule has 74 valence electrons. The largest absolute Gasteiger partial charge is 0.393 e. The van der Waals surface area contributed by atoms with Gasteiger partial charge in [-0.05, 0) is 23.6 Å². The zero-order valence-corrected chi connectivity index (χ0v) is 7.28. The third kappa shape index (κ3) is 2.34. The Balaban J connectivity index is 2.84. The Bertz CT molecular complexity index is 263. The summed E-state index contributed by atoms with van der Waals surface area (Å²) >= 11 is 0. The van der Waals surface area contributed by atoms with Crippen molar-refractivity contribution in [2.45, 2.75) is 32.0 Å². The van der Waals surface area contributed by atoms with Crippen molar-refractivity contribution in [2.24, 2.45) is 0 Å². The van der Waals surface area contributed by atoms with Crippen molar-refractivity contribution in [2.75, 3.05) is 0 Å². The quantitative estimate of drug-likeness (QED) is 0.677. The fourth-order valence-electron chi connectivity index (χ4n) is 1.45. The number of aliphatic hydroxyl groups excluding tert-OH is 1. The lowest BCUT2D eigenvalue weighted by Crippen LogP contribution is -2.09. The van der Waals surface area contributed by atoms with Gasteiger partial charge < -0.3 is 5.11 Å². The molecule has 0 saturated carbocycles. The van der Waals surface area contributed by atoms with E-state index < -0.39 is 18.7 Å². The zero-order chi connectivity index (χ0) is 10.2. The minimum absolute atomic E-state index is 0.167. The highest BCUT2D eigenvalue weighted by Crippen LogP contribution is 2.37. The van der Waals surface area contributed by atoms with Crippen LogP contribution in [0.1, 0.15) is 19.8 Å². The third-order valence-electron chi connectivity index (χ3n) is 2.22. The Morgan fingerprint density at radius 2 is 2.08 bits per heavy atom. The maximum absolute atomic E-state index is 12.0. The molecule has 0 radical (unpaired) electrons. The van der Waals surface area contributed by atoms with Gasteiger partial charge >= 0.3 is 6.18 Å². The molecule has 13 heavy (non-hydrogen) atoms. The summed E-state index contributed by atoms with van der Waals surface area (Å²) in [6.07, 6.45) is -5.74. The van der Waals surface area contributed by atoms with Gasteiger partial charge in [0.1, 0.15) is 0 Å². The highest BCUT2D eigenvalue weighted by molar-refractivity contribution is 5.41. The van der Waals surface area contributed by atoms with Crippen molar-refractivity contribution >= 4 is 0 Å². The van der Waals surface area contributed by atoms with Gasteiger partial charge in [0.05, 0.1) is 12.5 Å². The molecule has 0 bridgehead atoms. The summed E-state index contributed by atoms with van der Waals surface area (Å²) in [6, 6.07) is 0. The van der Waals surface area contributed by atoms with Crippen molar-refractivity contribution in [1.82, 2.24) is 0 Å². The Morgan fingerprint density at radius 3 is 2.38 bits per heavy atom. The standard InChI is InChI=1S/C9H11F3O/c1-5-3-8(13)6(2)7(5)4-9(10,11)12/h8,13H,1,3-4H2,2H3/t8-/m0/s1. The van der Waals surface area contributed by atoms with Crippen LogP contribution in [-0.4, -0.2) is 17.4 Å². The van der Waals surface area contributed by atoms with Gasteiger partial charge in [-0.2, -0.15) is 13.2 Å². The summed E-state index contributed by atoms with van der Waals surface area (Å²) in [4.78, 5) is 0. The number of allylic oxidation sites excluding steroid dienone is 1. The van der Waals surface area contributed by atoms with Crippen LogP contribution in [0, 0.1) is 0 Å². The first kappa shape index (κ1) is 10.3. The van der Waals surface area contributed by atoms with E-state index in [4.69, 9.17) is 0 Å². The van der Waals surface area contributed by atoms with Crippen LogP contribution in [0.5, 0.6) is 0 Å². The molecule has 1 aliphatic rings. The maximum atomic E-state index is 12.0. The summed E-state index contributed by atoms with van der Waals surface area (Å²) in [7, 11) is 0. The zero-order valence-electron chi connectivity index (χ0n) is 7.28. The van der Waals surface area contributed by atoms with E-state index in [2.05, 4.69) is 6.58 Å². The first-order valence-electron chi connectivity index (χ1n) is 3.94. The van der Waals surface area contributed by atoms with E-state index in [1.165, 1.54) is 6.92 Å². The first-order chi connectivity index (χ1) is 5.81. The highest BCUT2D eigenvalue weighted by atomic mass is 19.4. The molecule has 1 rings (SSSR count). The average Bonchev–Trinajstić information content (AvgIpc) is 2.14. The van der Waals surface area contributed by atoms with Crippen LogP contribution in [0.25, 0.3) is 0 Å². The van der Waals surface area contributed by atoms with Crippen LogP contribution in [0.2, 0.25) is 0 Å². The van der Waals surface area contributed by atoms with Crippen LogP contribution in [0.15, 0.2) is 23.3 Å². The van der Waals surface area contributed by atoms with Crippen LogP contribution >= 0.6 is 0 Å². The van der Waals surface area contributed by atoms with Crippen LogP contribution in [0.3, 0.4) is 0 Å². The van der Waals surface area contributed by atoms with Crippen molar-refractivity contribution in [1.29, 1.82) is 0 Å². The molecular weight excluding hydrogens is 181 g/mol. The topological polar surface area (TPSA) is 20.2 Å². The molecule has 0 aromatic rings. The molecule has 0 aliphatic heterocycles. The highest BCUT2D eigenvalue weighted by Gasteiger charge is 2.34. The van der Waals surface area contributed by atoms with E-state index in [0.29, 0.717) is 11.1 Å². The minimum Gasteiger partial charge on any atom is -0.388 e. The summed E-state index contributed by atoms with van der Waals surface area (Å²) < 4.78 is 36.1.